The maximum atomic E-state index is 13.0. The number of anilines is 1. The van der Waals surface area contributed by atoms with Gasteiger partial charge in [-0.1, -0.05) is 0 Å². The summed E-state index contributed by atoms with van der Waals surface area (Å²) in [6, 6.07) is 3.26. The van der Waals surface area contributed by atoms with Crippen molar-refractivity contribution in [3.8, 4) is 0 Å². The third kappa shape index (κ3) is 2.16. The van der Waals surface area contributed by atoms with Gasteiger partial charge in [0.15, 0.2) is 0 Å². The third-order valence-corrected chi connectivity index (χ3v) is 3.73. The van der Waals surface area contributed by atoms with E-state index in [0.29, 0.717) is 0 Å². The van der Waals surface area contributed by atoms with Gasteiger partial charge in [-0.3, -0.25) is 14.4 Å². The van der Waals surface area contributed by atoms with Crippen molar-refractivity contribution in [3.63, 3.8) is 0 Å². The van der Waals surface area contributed by atoms with Crippen LogP contribution in [0.1, 0.15) is 6.92 Å². The highest BCUT2D eigenvalue weighted by molar-refractivity contribution is 6.24. The number of amides is 2. The van der Waals surface area contributed by atoms with Crippen molar-refractivity contribution >= 4 is 23.5 Å². The van der Waals surface area contributed by atoms with Gasteiger partial charge in [0.05, 0.1) is 18.2 Å². The number of hydrogen-bond donors (Lipinski definition) is 2. The molecular weight excluding hydrogens is 293 g/mol. The Morgan fingerprint density at radius 3 is 2.55 bits per heavy atom. The Morgan fingerprint density at radius 2 is 1.91 bits per heavy atom. The molecule has 2 saturated heterocycles. The number of imide groups is 1. The van der Waals surface area contributed by atoms with Gasteiger partial charge in [0.1, 0.15) is 17.9 Å². The zero-order chi connectivity index (χ0) is 15.9. The van der Waals surface area contributed by atoms with Crippen LogP contribution in [0.2, 0.25) is 0 Å². The first-order valence-corrected chi connectivity index (χ1v) is 6.85. The molecule has 0 aromatic heterocycles. The van der Waals surface area contributed by atoms with E-state index in [0.717, 1.165) is 4.90 Å². The highest BCUT2D eigenvalue weighted by Crippen LogP contribution is 2.31. The van der Waals surface area contributed by atoms with E-state index in [1.54, 1.807) is 6.92 Å². The summed E-state index contributed by atoms with van der Waals surface area (Å²) in [6.07, 6.45) is 0. The second-order valence-electron chi connectivity index (χ2n) is 5.01. The summed E-state index contributed by atoms with van der Waals surface area (Å²) in [4.78, 5) is 37.7. The molecular formula is C14H14FN3O4. The second kappa shape index (κ2) is 5.47. The summed E-state index contributed by atoms with van der Waals surface area (Å²) in [5.41, 5.74) is 5.57. The fourth-order valence-corrected chi connectivity index (χ4v) is 2.73. The van der Waals surface area contributed by atoms with E-state index in [4.69, 9.17) is 4.74 Å². The zero-order valence-electron chi connectivity index (χ0n) is 11.7. The molecule has 2 fully saturated rings. The van der Waals surface area contributed by atoms with Crippen LogP contribution in [-0.4, -0.2) is 36.5 Å². The number of nitrogens with zero attached hydrogens (tertiary/aromatic N) is 1. The molecule has 7 nitrogen and oxygen atoms in total. The van der Waals surface area contributed by atoms with Crippen LogP contribution in [0, 0.1) is 11.7 Å². The van der Waals surface area contributed by atoms with Gasteiger partial charge < -0.3 is 4.74 Å². The van der Waals surface area contributed by atoms with Crippen LogP contribution in [0.15, 0.2) is 24.3 Å². The fourth-order valence-electron chi connectivity index (χ4n) is 2.73. The molecule has 3 atom stereocenters. The summed E-state index contributed by atoms with van der Waals surface area (Å²) >= 11 is 0. The van der Waals surface area contributed by atoms with Gasteiger partial charge in [0, 0.05) is 0 Å². The molecule has 2 N–H and O–H groups in total. The largest absolute Gasteiger partial charge is 0.465 e. The smallest absolute Gasteiger partial charge is 0.325 e. The van der Waals surface area contributed by atoms with Crippen LogP contribution >= 0.6 is 0 Å². The van der Waals surface area contributed by atoms with Gasteiger partial charge in [-0.2, -0.15) is 0 Å². The number of carbonyl (C=O) groups is 3. The molecule has 116 valence electrons. The molecule has 2 aliphatic heterocycles. The molecule has 3 unspecified atom stereocenters. The van der Waals surface area contributed by atoms with Gasteiger partial charge in [-0.25, -0.2) is 20.1 Å². The van der Waals surface area contributed by atoms with Crippen LogP contribution in [0.3, 0.4) is 0 Å². The molecule has 2 heterocycles. The number of rotatable bonds is 3. The lowest BCUT2D eigenvalue weighted by Gasteiger charge is -2.18. The van der Waals surface area contributed by atoms with Crippen molar-refractivity contribution in [2.24, 2.45) is 5.92 Å². The molecule has 22 heavy (non-hydrogen) atoms. The Bertz CT molecular complexity index is 633. The summed E-state index contributed by atoms with van der Waals surface area (Å²) in [5, 5.41) is 0. The Labute approximate surface area is 125 Å². The minimum Gasteiger partial charge on any atom is -0.465 e. The van der Waals surface area contributed by atoms with Crippen molar-refractivity contribution in [1.82, 2.24) is 10.9 Å². The molecule has 0 spiro atoms. The first kappa shape index (κ1) is 14.6. The van der Waals surface area contributed by atoms with Gasteiger partial charge in [-0.15, -0.1) is 0 Å². The fraction of sp³-hybridized carbons (Fsp3) is 0.357. The van der Waals surface area contributed by atoms with E-state index in [1.807, 2.05) is 0 Å². The molecule has 0 radical (unpaired) electrons. The molecule has 2 aliphatic rings. The first-order chi connectivity index (χ1) is 10.5. The summed E-state index contributed by atoms with van der Waals surface area (Å²) in [5.74, 6) is -2.94. The van der Waals surface area contributed by atoms with E-state index in [2.05, 4.69) is 10.9 Å². The zero-order valence-corrected chi connectivity index (χ0v) is 11.7. The minimum atomic E-state index is -0.924. The van der Waals surface area contributed by atoms with E-state index >= 15 is 0 Å². The molecule has 2 amide bonds. The number of esters is 1. The lowest BCUT2D eigenvalue weighted by molar-refractivity contribution is -0.147. The normalized spacial score (nSPS) is 27.2. The van der Waals surface area contributed by atoms with Crippen LogP contribution in [0.5, 0.6) is 0 Å². The minimum absolute atomic E-state index is 0.179. The monoisotopic (exact) mass is 307 g/mol. The lowest BCUT2D eigenvalue weighted by Crippen LogP contribution is -2.46. The number of hydrazine groups is 1. The standard InChI is InChI=1S/C14H14FN3O4/c1-2-22-14(21)11-9-10(16-17-11)13(20)18(12(9)19)8-5-3-7(15)4-6-8/h3-6,9-11,16-17H,2H2,1H3. The van der Waals surface area contributed by atoms with Crippen molar-refractivity contribution in [2.45, 2.75) is 19.0 Å². The number of fused-ring (bicyclic) bond motifs is 1. The van der Waals surface area contributed by atoms with Crippen LogP contribution in [0.25, 0.3) is 0 Å². The molecule has 8 heteroatoms. The highest BCUT2D eigenvalue weighted by atomic mass is 19.1. The van der Waals surface area contributed by atoms with Gasteiger partial charge in [-0.05, 0) is 31.2 Å². The second-order valence-corrected chi connectivity index (χ2v) is 5.01. The Balaban J connectivity index is 1.88. The van der Waals surface area contributed by atoms with Crippen molar-refractivity contribution in [2.75, 3.05) is 11.5 Å². The van der Waals surface area contributed by atoms with Crippen LogP contribution in [0.4, 0.5) is 10.1 Å². The number of halogens is 1. The van der Waals surface area contributed by atoms with E-state index in [-0.39, 0.29) is 12.3 Å². The number of ether oxygens (including phenoxy) is 1. The molecule has 1 aromatic rings. The Morgan fingerprint density at radius 1 is 1.23 bits per heavy atom. The highest BCUT2D eigenvalue weighted by Gasteiger charge is 2.57. The average molecular weight is 307 g/mol. The number of nitrogens with one attached hydrogen (secondary N) is 2. The molecule has 0 aliphatic carbocycles. The lowest BCUT2D eigenvalue weighted by atomic mass is 9.97. The van der Waals surface area contributed by atoms with Gasteiger partial charge in [0.2, 0.25) is 5.91 Å². The van der Waals surface area contributed by atoms with Gasteiger partial charge in [0.25, 0.3) is 5.91 Å². The van der Waals surface area contributed by atoms with E-state index < -0.39 is 41.6 Å². The third-order valence-electron chi connectivity index (χ3n) is 3.73. The summed E-state index contributed by atoms with van der Waals surface area (Å²) in [6.45, 7) is 1.84. The van der Waals surface area contributed by atoms with Crippen molar-refractivity contribution < 1.29 is 23.5 Å². The molecule has 0 bridgehead atoms. The summed E-state index contributed by atoms with van der Waals surface area (Å²) < 4.78 is 17.9. The average Bonchev–Trinajstić information content (AvgIpc) is 3.03. The molecule has 3 rings (SSSR count). The Kier molecular flexibility index (Phi) is 3.63. The topological polar surface area (TPSA) is 87.7 Å². The predicted molar refractivity (Wildman–Crippen MR) is 72.9 cm³/mol. The molecule has 1 aromatic carbocycles. The number of benzene rings is 1. The first-order valence-electron chi connectivity index (χ1n) is 6.85. The van der Waals surface area contributed by atoms with E-state index in [1.165, 1.54) is 24.3 Å². The predicted octanol–water partition coefficient (Wildman–Crippen LogP) is -0.277. The van der Waals surface area contributed by atoms with Gasteiger partial charge >= 0.3 is 5.97 Å². The maximum absolute atomic E-state index is 13.0. The number of hydrogen-bond acceptors (Lipinski definition) is 6. The quantitative estimate of drug-likeness (QED) is 0.590. The molecule has 0 saturated carbocycles. The van der Waals surface area contributed by atoms with Crippen LogP contribution < -0.4 is 15.8 Å². The SMILES string of the molecule is CCOC(=O)C1NNC2C(=O)N(c3ccc(F)cc3)C(=O)C12. The van der Waals surface area contributed by atoms with E-state index in [9.17, 15) is 18.8 Å². The van der Waals surface area contributed by atoms with Crippen molar-refractivity contribution in [3.05, 3.63) is 30.1 Å². The number of carbonyl (C=O) groups excluding carboxylic acids is 3. The Hall–Kier alpha value is -2.32. The van der Waals surface area contributed by atoms with Crippen LogP contribution in [-0.2, 0) is 19.1 Å². The maximum Gasteiger partial charge on any atom is 0.325 e. The summed E-state index contributed by atoms with van der Waals surface area (Å²) in [7, 11) is 0. The van der Waals surface area contributed by atoms with Crippen molar-refractivity contribution in [1.29, 1.82) is 0 Å².